The van der Waals surface area contributed by atoms with E-state index in [0.29, 0.717) is 33.3 Å². The highest BCUT2D eigenvalue weighted by atomic mass is 35.5. The van der Waals surface area contributed by atoms with Crippen molar-refractivity contribution in [1.29, 1.82) is 0 Å². The Morgan fingerprint density at radius 3 is 1.36 bits per heavy atom. The van der Waals surface area contributed by atoms with Crippen molar-refractivity contribution in [1.82, 2.24) is 0 Å². The van der Waals surface area contributed by atoms with Gasteiger partial charge >= 0.3 is 0 Å². The van der Waals surface area contributed by atoms with Crippen LogP contribution in [-0.4, -0.2) is 38.5 Å². The molecule has 0 unspecified atom stereocenters. The van der Waals surface area contributed by atoms with E-state index in [0.717, 1.165) is 31.0 Å². The third-order valence-corrected chi connectivity index (χ3v) is 11.2. The van der Waals surface area contributed by atoms with Crippen LogP contribution < -0.4 is 21.3 Å². The van der Waals surface area contributed by atoms with Gasteiger partial charge in [0.2, 0.25) is 11.9 Å². The third kappa shape index (κ3) is 12.0. The molecule has 248 valence electrons. The summed E-state index contributed by atoms with van der Waals surface area (Å²) >= 11 is 16.3. The van der Waals surface area contributed by atoms with Gasteiger partial charge in [-0.3, -0.25) is 0 Å². The van der Waals surface area contributed by atoms with Crippen LogP contribution in [0.2, 0.25) is 10.0 Å². The molecule has 0 spiro atoms. The van der Waals surface area contributed by atoms with Gasteiger partial charge in [0, 0.05) is 45.1 Å². The minimum atomic E-state index is 0.341. The number of nitrogens with two attached hydrogens (primary N) is 2. The Hall–Kier alpha value is -2.86. The molecule has 6 nitrogen and oxygen atoms in total. The zero-order valence-electron chi connectivity index (χ0n) is 27.5. The molecule has 12 heteroatoms. The Balaban J connectivity index is 0.00000111. The van der Waals surface area contributed by atoms with Gasteiger partial charge in [-0.05, 0) is 106 Å². The van der Waals surface area contributed by atoms with E-state index in [4.69, 9.17) is 34.7 Å². The van der Waals surface area contributed by atoms with E-state index in [-0.39, 0.29) is 0 Å². The molecule has 4 rings (SSSR count). The highest BCUT2D eigenvalue weighted by Crippen LogP contribution is 2.42. The quantitative estimate of drug-likeness (QED) is 0.0576. The molecule has 0 heterocycles. The molecule has 4 aromatic carbocycles. The smallest absolute Gasteiger partial charge is 0.200 e. The Morgan fingerprint density at radius 1 is 0.638 bits per heavy atom. The van der Waals surface area contributed by atoms with Crippen LogP contribution in [0.25, 0.3) is 0 Å². The number of allylic oxidation sites excluding steroid dienone is 2. The lowest BCUT2D eigenvalue weighted by molar-refractivity contribution is 1.20. The van der Waals surface area contributed by atoms with E-state index in [9.17, 15) is 0 Å². The van der Waals surface area contributed by atoms with E-state index in [1.165, 1.54) is 5.57 Å². The summed E-state index contributed by atoms with van der Waals surface area (Å²) in [5.41, 5.74) is 17.2. The minimum Gasteiger partial charge on any atom is -0.369 e. The lowest BCUT2D eigenvalue weighted by Gasteiger charge is -2.19. The monoisotopic (exact) mass is 742 g/mol. The molecule has 0 atom stereocenters. The molecule has 4 aromatic rings. The predicted octanol–water partition coefficient (Wildman–Crippen LogP) is 11.4. The van der Waals surface area contributed by atoms with Crippen molar-refractivity contribution >= 4 is 103 Å². The molecule has 0 saturated heterocycles. The molecular formula is C35H40Cl2N6S4. The van der Waals surface area contributed by atoms with Crippen molar-refractivity contribution in [2.75, 3.05) is 36.4 Å². The molecule has 0 saturated carbocycles. The van der Waals surface area contributed by atoms with Gasteiger partial charge in [-0.15, -0.1) is 23.5 Å². The summed E-state index contributed by atoms with van der Waals surface area (Å²) in [7, 11) is 6.90. The summed E-state index contributed by atoms with van der Waals surface area (Å²) in [6, 6.07) is 27.6. The van der Waals surface area contributed by atoms with Gasteiger partial charge in [-0.25, -0.2) is 9.98 Å². The first-order valence-corrected chi connectivity index (χ1v) is 19.8. The van der Waals surface area contributed by atoms with Gasteiger partial charge in [-0.1, -0.05) is 68.6 Å². The maximum atomic E-state index is 6.48. The molecule has 0 bridgehead atoms. The van der Waals surface area contributed by atoms with Crippen LogP contribution in [0.3, 0.4) is 0 Å². The molecule has 0 aliphatic heterocycles. The van der Waals surface area contributed by atoms with Crippen molar-refractivity contribution in [3.05, 3.63) is 107 Å². The van der Waals surface area contributed by atoms with Crippen molar-refractivity contribution in [2.45, 2.75) is 40.4 Å². The first-order valence-electron chi connectivity index (χ1n) is 14.4. The number of anilines is 2. The normalized spacial score (nSPS) is 11.4. The first-order chi connectivity index (χ1) is 22.4. The fourth-order valence-corrected chi connectivity index (χ4v) is 6.84. The maximum Gasteiger partial charge on any atom is 0.200 e. The maximum absolute atomic E-state index is 6.48. The number of rotatable bonds is 9. The molecular weight excluding hydrogens is 704 g/mol. The van der Waals surface area contributed by atoms with E-state index >= 15 is 0 Å². The van der Waals surface area contributed by atoms with E-state index in [1.54, 1.807) is 45.1 Å². The van der Waals surface area contributed by atoms with Crippen LogP contribution in [-0.2, 0) is 0 Å². The zero-order chi connectivity index (χ0) is 34.5. The SMILES string of the molecule is CC=C(C)C.CSc1cccc(N(C)C(N)=Nc2cc(SSc3ccc(Cl)c(N=C(N)N(C)c4cccc(SC)c4)c3)ccc2Cl)c1. The third-order valence-electron chi connectivity index (χ3n) is 6.69. The second kappa shape index (κ2) is 19.2. The van der Waals surface area contributed by atoms with Crippen LogP contribution in [0, 0.1) is 0 Å². The van der Waals surface area contributed by atoms with Gasteiger partial charge in [0.1, 0.15) is 0 Å². The highest BCUT2D eigenvalue weighted by molar-refractivity contribution is 8.76. The van der Waals surface area contributed by atoms with Crippen molar-refractivity contribution in [2.24, 2.45) is 21.5 Å². The van der Waals surface area contributed by atoms with Gasteiger partial charge in [-0.2, -0.15) is 0 Å². The zero-order valence-corrected chi connectivity index (χ0v) is 32.3. The van der Waals surface area contributed by atoms with E-state index in [2.05, 4.69) is 54.2 Å². The van der Waals surface area contributed by atoms with Crippen molar-refractivity contribution in [3.8, 4) is 0 Å². The van der Waals surface area contributed by atoms with E-state index in [1.807, 2.05) is 104 Å². The number of nitrogens with zero attached hydrogens (tertiary/aromatic N) is 4. The average Bonchev–Trinajstić information content (AvgIpc) is 3.09. The van der Waals surface area contributed by atoms with Crippen LogP contribution in [0.4, 0.5) is 22.7 Å². The fraction of sp³-hybridized carbons (Fsp3) is 0.200. The molecule has 0 amide bonds. The van der Waals surface area contributed by atoms with E-state index < -0.39 is 0 Å². The van der Waals surface area contributed by atoms with Gasteiger partial charge in [0.05, 0.1) is 21.4 Å². The largest absolute Gasteiger partial charge is 0.369 e. The Bertz CT molecular complexity index is 1620. The molecule has 47 heavy (non-hydrogen) atoms. The first kappa shape index (κ1) is 38.6. The summed E-state index contributed by atoms with van der Waals surface area (Å²) in [4.78, 5) is 17.1. The van der Waals surface area contributed by atoms with Gasteiger partial charge < -0.3 is 21.3 Å². The summed E-state index contributed by atoms with van der Waals surface area (Å²) in [6.07, 6.45) is 6.16. The number of hydrogen-bond acceptors (Lipinski definition) is 6. The molecule has 0 aliphatic rings. The minimum absolute atomic E-state index is 0.341. The highest BCUT2D eigenvalue weighted by Gasteiger charge is 2.11. The summed E-state index contributed by atoms with van der Waals surface area (Å²) in [5.74, 6) is 0.681. The van der Waals surface area contributed by atoms with Crippen molar-refractivity contribution in [3.63, 3.8) is 0 Å². The molecule has 0 radical (unpaired) electrons. The average molecular weight is 744 g/mol. The van der Waals surface area contributed by atoms with Crippen LogP contribution >= 0.6 is 68.3 Å². The van der Waals surface area contributed by atoms with Crippen molar-refractivity contribution < 1.29 is 0 Å². The summed E-state index contributed by atoms with van der Waals surface area (Å²) in [5, 5.41) is 1.04. The second-order valence-corrected chi connectivity index (χ2v) is 15.1. The van der Waals surface area contributed by atoms with Crippen LogP contribution in [0.5, 0.6) is 0 Å². The second-order valence-electron chi connectivity index (χ2n) is 10.2. The number of thioether (sulfide) groups is 2. The number of guanidine groups is 2. The summed E-state index contributed by atoms with van der Waals surface area (Å²) < 4.78 is 0. The van der Waals surface area contributed by atoms with Crippen LogP contribution in [0.1, 0.15) is 20.8 Å². The Kier molecular flexibility index (Phi) is 15.8. The number of aliphatic imine (C=N–C) groups is 2. The molecule has 0 aliphatic carbocycles. The molecule has 4 N–H and O–H groups in total. The fourth-order valence-electron chi connectivity index (χ4n) is 3.66. The van der Waals surface area contributed by atoms with Gasteiger partial charge in [0.15, 0.2) is 0 Å². The molecule has 0 aromatic heterocycles. The lowest BCUT2D eigenvalue weighted by Crippen LogP contribution is -2.33. The number of halogens is 2. The number of hydrogen-bond donors (Lipinski definition) is 2. The standard InChI is InChI=1S/C30H30Cl2N6S4.C5H10/c1-37(19-7-5-9-21(15-19)39-3)29(33)35-27-17-23(11-13-25(27)31)41-42-24-12-14-26(32)28(18-24)36-30(34)38(2)20-8-6-10-22(16-20)40-4;1-4-5(2)3/h5-18H,1-4H3,(H2,33,35)(H2,34,36);4H,1-3H3. The topological polar surface area (TPSA) is 83.2 Å². The Morgan fingerprint density at radius 2 is 1.02 bits per heavy atom. The summed E-state index contributed by atoms with van der Waals surface area (Å²) in [6.45, 7) is 6.20. The number of benzene rings is 4. The van der Waals surface area contributed by atoms with Crippen LogP contribution in [0.15, 0.2) is 126 Å². The Labute approximate surface area is 305 Å². The lowest BCUT2D eigenvalue weighted by atomic mass is 10.3. The predicted molar refractivity (Wildman–Crippen MR) is 216 cm³/mol. The van der Waals surface area contributed by atoms with Gasteiger partial charge in [0.25, 0.3) is 0 Å². The molecule has 0 fully saturated rings.